The van der Waals surface area contributed by atoms with Crippen molar-refractivity contribution in [3.05, 3.63) is 77.9 Å². The summed E-state index contributed by atoms with van der Waals surface area (Å²) in [5.41, 5.74) is 1.24. The van der Waals surface area contributed by atoms with Gasteiger partial charge < -0.3 is 24.4 Å². The van der Waals surface area contributed by atoms with Crippen molar-refractivity contribution in [1.29, 1.82) is 0 Å². The highest BCUT2D eigenvalue weighted by atomic mass is 16.5. The van der Waals surface area contributed by atoms with Gasteiger partial charge in [0.1, 0.15) is 23.9 Å². The lowest BCUT2D eigenvalue weighted by atomic mass is 9.95. The average Bonchev–Trinajstić information content (AvgIpc) is 3.07. The van der Waals surface area contributed by atoms with Crippen LogP contribution < -0.4 is 9.47 Å². The van der Waals surface area contributed by atoms with E-state index in [0.29, 0.717) is 36.6 Å². The van der Waals surface area contributed by atoms with Crippen molar-refractivity contribution < 1.29 is 24.2 Å². The van der Waals surface area contributed by atoms with Crippen molar-refractivity contribution >= 4 is 17.4 Å². The summed E-state index contributed by atoms with van der Waals surface area (Å²) in [5, 5.41) is 11.1. The van der Waals surface area contributed by atoms with Gasteiger partial charge in [-0.15, -0.1) is 0 Å². The van der Waals surface area contributed by atoms with Crippen LogP contribution in [0.2, 0.25) is 0 Å². The van der Waals surface area contributed by atoms with Gasteiger partial charge in [0.15, 0.2) is 0 Å². The van der Waals surface area contributed by atoms with Crippen molar-refractivity contribution in [2.45, 2.75) is 12.5 Å². The Labute approximate surface area is 194 Å². The molecule has 2 aromatic carbocycles. The number of likely N-dealkylation sites (tertiary alicyclic amines) is 1. The molecule has 7 heteroatoms. The Balaban J connectivity index is 2.03. The van der Waals surface area contributed by atoms with Crippen LogP contribution in [0.3, 0.4) is 0 Å². The highest BCUT2D eigenvalue weighted by Gasteiger charge is 2.45. The summed E-state index contributed by atoms with van der Waals surface area (Å²) >= 11 is 0. The molecule has 1 N–H and O–H groups in total. The topological polar surface area (TPSA) is 79.3 Å². The van der Waals surface area contributed by atoms with Crippen molar-refractivity contribution in [2.24, 2.45) is 0 Å². The van der Waals surface area contributed by atoms with Gasteiger partial charge >= 0.3 is 0 Å². The number of methoxy groups -OCH3 is 1. The molecule has 174 valence electrons. The number of ketones is 1. The van der Waals surface area contributed by atoms with Crippen molar-refractivity contribution in [3.63, 3.8) is 0 Å². The molecule has 1 aliphatic rings. The number of aliphatic hydroxyl groups excluding tert-OH is 1. The van der Waals surface area contributed by atoms with E-state index >= 15 is 0 Å². The van der Waals surface area contributed by atoms with E-state index in [1.54, 1.807) is 54.5 Å². The molecule has 1 saturated heterocycles. The molecule has 0 spiro atoms. The van der Waals surface area contributed by atoms with E-state index in [0.717, 1.165) is 12.1 Å². The number of nitrogens with zero attached hydrogens (tertiary/aromatic N) is 2. The number of Topliss-reactive ketones (excluding diaryl/α,β-unsaturated/α-hetero) is 1. The van der Waals surface area contributed by atoms with Crippen LogP contribution in [0.5, 0.6) is 11.5 Å². The summed E-state index contributed by atoms with van der Waals surface area (Å²) in [7, 11) is 5.46. The first-order valence-electron chi connectivity index (χ1n) is 10.8. The Bertz CT molecular complexity index is 1030. The van der Waals surface area contributed by atoms with E-state index in [2.05, 4.69) is 6.58 Å². The molecule has 1 heterocycles. The largest absolute Gasteiger partial charge is 0.507 e. The van der Waals surface area contributed by atoms with Crippen molar-refractivity contribution in [3.8, 4) is 11.5 Å². The molecular formula is C26H30N2O5. The predicted molar refractivity (Wildman–Crippen MR) is 127 cm³/mol. The fraction of sp³-hybridized carbons (Fsp3) is 0.308. The number of ether oxygens (including phenoxy) is 2. The maximum Gasteiger partial charge on any atom is 0.295 e. The van der Waals surface area contributed by atoms with Gasteiger partial charge in [-0.2, -0.15) is 0 Å². The Morgan fingerprint density at radius 2 is 1.73 bits per heavy atom. The standard InChI is InChI=1S/C26H30N2O5/c1-5-17-33-21-13-7-18(8-14-21)23-22(24(29)19-9-11-20(32-4)12-10-19)25(30)26(31)28(23)16-6-15-27(2)3/h5,7-14,23,29H,1,6,15-17H2,2-4H3/t23-/m1/s1. The highest BCUT2D eigenvalue weighted by molar-refractivity contribution is 6.46. The maximum atomic E-state index is 13.1. The number of amides is 1. The van der Waals surface area contributed by atoms with Crippen LogP contribution >= 0.6 is 0 Å². The molecule has 0 aliphatic carbocycles. The molecule has 0 unspecified atom stereocenters. The summed E-state index contributed by atoms with van der Waals surface area (Å²) in [6.07, 6.45) is 2.35. The maximum absolute atomic E-state index is 13.1. The number of benzene rings is 2. The lowest BCUT2D eigenvalue weighted by molar-refractivity contribution is -0.139. The molecule has 1 amide bonds. The van der Waals surface area contributed by atoms with E-state index in [1.165, 1.54) is 0 Å². The van der Waals surface area contributed by atoms with Crippen LogP contribution in [0, 0.1) is 0 Å². The lowest BCUT2D eigenvalue weighted by Crippen LogP contribution is -2.32. The van der Waals surface area contributed by atoms with Crippen LogP contribution in [0.25, 0.3) is 5.76 Å². The van der Waals surface area contributed by atoms with Crippen molar-refractivity contribution in [2.75, 3.05) is 40.9 Å². The monoisotopic (exact) mass is 450 g/mol. The van der Waals surface area contributed by atoms with Gasteiger partial charge in [0, 0.05) is 12.1 Å². The van der Waals surface area contributed by atoms with Crippen LogP contribution in [0.15, 0.2) is 66.8 Å². The normalized spacial score (nSPS) is 17.5. The molecule has 3 rings (SSSR count). The first kappa shape index (κ1) is 24.1. The van der Waals surface area contributed by atoms with Crippen LogP contribution in [0.4, 0.5) is 0 Å². The summed E-state index contributed by atoms with van der Waals surface area (Å²) in [6.45, 7) is 5.17. The zero-order valence-corrected chi connectivity index (χ0v) is 19.3. The molecule has 0 aromatic heterocycles. The number of hydrogen-bond acceptors (Lipinski definition) is 6. The fourth-order valence-corrected chi connectivity index (χ4v) is 3.82. The predicted octanol–water partition coefficient (Wildman–Crippen LogP) is 3.63. The first-order valence-corrected chi connectivity index (χ1v) is 10.8. The second-order valence-electron chi connectivity index (χ2n) is 8.05. The molecule has 2 aromatic rings. The lowest BCUT2D eigenvalue weighted by Gasteiger charge is -2.26. The van der Waals surface area contributed by atoms with Gasteiger partial charge in [0.25, 0.3) is 11.7 Å². The minimum absolute atomic E-state index is 0.0785. The van der Waals surface area contributed by atoms with E-state index in [-0.39, 0.29) is 11.3 Å². The van der Waals surface area contributed by atoms with Gasteiger partial charge in [-0.05, 0) is 69.0 Å². The Hall–Kier alpha value is -3.58. The molecule has 0 bridgehead atoms. The minimum Gasteiger partial charge on any atom is -0.507 e. The Morgan fingerprint density at radius 3 is 2.30 bits per heavy atom. The number of rotatable bonds is 10. The first-order chi connectivity index (χ1) is 15.9. The third kappa shape index (κ3) is 5.43. The summed E-state index contributed by atoms with van der Waals surface area (Å²) < 4.78 is 10.7. The molecule has 1 atom stereocenters. The summed E-state index contributed by atoms with van der Waals surface area (Å²) in [6, 6.07) is 13.2. The average molecular weight is 451 g/mol. The SMILES string of the molecule is C=CCOc1ccc([C@@H]2C(=C(O)c3ccc(OC)cc3)C(=O)C(=O)N2CCCN(C)C)cc1. The van der Waals surface area contributed by atoms with E-state index in [9.17, 15) is 14.7 Å². The van der Waals surface area contributed by atoms with Crippen LogP contribution in [-0.2, 0) is 9.59 Å². The number of carbonyl (C=O) groups is 2. The highest BCUT2D eigenvalue weighted by Crippen LogP contribution is 2.40. The molecule has 1 fully saturated rings. The Kier molecular flexibility index (Phi) is 7.90. The summed E-state index contributed by atoms with van der Waals surface area (Å²) in [5.74, 6) is -0.227. The number of aliphatic hydroxyl groups is 1. The van der Waals surface area contributed by atoms with E-state index < -0.39 is 17.7 Å². The third-order valence-electron chi connectivity index (χ3n) is 5.47. The number of hydrogen-bond donors (Lipinski definition) is 1. The van der Waals surface area contributed by atoms with Crippen LogP contribution in [0.1, 0.15) is 23.6 Å². The van der Waals surface area contributed by atoms with Gasteiger partial charge in [-0.1, -0.05) is 24.8 Å². The number of carbonyl (C=O) groups excluding carboxylic acids is 2. The van der Waals surface area contributed by atoms with Gasteiger partial charge in [-0.3, -0.25) is 9.59 Å². The van der Waals surface area contributed by atoms with Crippen molar-refractivity contribution in [1.82, 2.24) is 9.80 Å². The second-order valence-corrected chi connectivity index (χ2v) is 8.05. The molecule has 33 heavy (non-hydrogen) atoms. The third-order valence-corrected chi connectivity index (χ3v) is 5.47. The van der Waals surface area contributed by atoms with Gasteiger partial charge in [0.2, 0.25) is 0 Å². The zero-order chi connectivity index (χ0) is 24.0. The molecular weight excluding hydrogens is 420 g/mol. The second kappa shape index (κ2) is 10.8. The molecule has 0 saturated carbocycles. The minimum atomic E-state index is -0.692. The van der Waals surface area contributed by atoms with Gasteiger partial charge in [0.05, 0.1) is 18.7 Å². The molecule has 0 radical (unpaired) electrons. The zero-order valence-electron chi connectivity index (χ0n) is 19.3. The molecule has 7 nitrogen and oxygen atoms in total. The summed E-state index contributed by atoms with van der Waals surface area (Å²) in [4.78, 5) is 29.6. The quantitative estimate of drug-likeness (QED) is 0.258. The van der Waals surface area contributed by atoms with Gasteiger partial charge in [-0.25, -0.2) is 0 Å². The smallest absolute Gasteiger partial charge is 0.295 e. The van der Waals surface area contributed by atoms with Crippen LogP contribution in [-0.4, -0.2) is 67.5 Å². The fourth-order valence-electron chi connectivity index (χ4n) is 3.82. The Morgan fingerprint density at radius 1 is 1.09 bits per heavy atom. The van der Waals surface area contributed by atoms with E-state index in [4.69, 9.17) is 9.47 Å². The van der Waals surface area contributed by atoms with E-state index in [1.807, 2.05) is 31.1 Å². The molecule has 1 aliphatic heterocycles.